The maximum absolute atomic E-state index is 12.6. The number of quaternary nitrogens is 1. The molecule has 0 saturated carbocycles. The summed E-state index contributed by atoms with van der Waals surface area (Å²) in [7, 11) is 1.67. The van der Waals surface area contributed by atoms with E-state index in [1.165, 1.54) is 135 Å². The third kappa shape index (κ3) is 42.2. The zero-order valence-electron chi connectivity index (χ0n) is 35.8. The molecule has 316 valence electrons. The first-order valence-electron chi connectivity index (χ1n) is 22.4. The molecular formula is C44H89NO7P+. The van der Waals surface area contributed by atoms with Crippen molar-refractivity contribution in [2.45, 2.75) is 213 Å². The molecule has 0 saturated heterocycles. The van der Waals surface area contributed by atoms with Gasteiger partial charge in [0, 0.05) is 13.0 Å². The number of ether oxygens (including phenoxy) is 2. The normalized spacial score (nSPS) is 13.8. The van der Waals surface area contributed by atoms with E-state index in [1.54, 1.807) is 0 Å². The van der Waals surface area contributed by atoms with E-state index in [0.717, 1.165) is 51.4 Å². The summed E-state index contributed by atoms with van der Waals surface area (Å²) in [5, 5.41) is 0. The molecule has 0 bridgehead atoms. The first kappa shape index (κ1) is 52.2. The lowest BCUT2D eigenvalue weighted by Crippen LogP contribution is -2.37. The van der Waals surface area contributed by atoms with Crippen molar-refractivity contribution in [1.82, 2.24) is 0 Å². The molecule has 0 aromatic heterocycles. The van der Waals surface area contributed by atoms with Crippen LogP contribution in [-0.4, -0.2) is 75.6 Å². The number of hydrogen-bond donors (Lipinski definition) is 1. The Morgan fingerprint density at radius 1 is 0.566 bits per heavy atom. The molecule has 2 unspecified atom stereocenters. The number of carbonyl (C=O) groups is 1. The van der Waals surface area contributed by atoms with Crippen LogP contribution in [0.1, 0.15) is 206 Å². The van der Waals surface area contributed by atoms with Gasteiger partial charge in [-0.05, 0) is 32.1 Å². The van der Waals surface area contributed by atoms with E-state index < -0.39 is 13.9 Å². The Hall–Kier alpha value is -0.760. The van der Waals surface area contributed by atoms with Crippen LogP contribution in [0.4, 0.5) is 0 Å². The van der Waals surface area contributed by atoms with E-state index in [9.17, 15) is 14.3 Å². The predicted octanol–water partition coefficient (Wildman–Crippen LogP) is 13.1. The van der Waals surface area contributed by atoms with Gasteiger partial charge in [0.2, 0.25) is 0 Å². The zero-order valence-corrected chi connectivity index (χ0v) is 36.7. The van der Waals surface area contributed by atoms with Gasteiger partial charge in [-0.3, -0.25) is 13.8 Å². The van der Waals surface area contributed by atoms with E-state index in [2.05, 4.69) is 26.0 Å². The van der Waals surface area contributed by atoms with Gasteiger partial charge < -0.3 is 18.9 Å². The lowest BCUT2D eigenvalue weighted by atomic mass is 10.0. The number of rotatable bonds is 42. The van der Waals surface area contributed by atoms with Crippen molar-refractivity contribution in [3.8, 4) is 0 Å². The average molecular weight is 775 g/mol. The summed E-state index contributed by atoms with van der Waals surface area (Å²) in [5.74, 6) is -0.322. The SMILES string of the molecule is CCC/C=C\CCCCCCCC(=O)OC(COCCCCCCCCCCCCCCCCCCCCCCC)COP(=O)(O)OCC[N+](C)(C)C. The second-order valence-electron chi connectivity index (χ2n) is 16.4. The van der Waals surface area contributed by atoms with Crippen molar-refractivity contribution >= 4 is 13.8 Å². The number of phosphoric ester groups is 1. The second-order valence-corrected chi connectivity index (χ2v) is 17.9. The fraction of sp³-hybridized carbons (Fsp3) is 0.932. The molecule has 0 fully saturated rings. The number of unbranched alkanes of at least 4 members (excludes halogenated alkanes) is 26. The fourth-order valence-electron chi connectivity index (χ4n) is 6.32. The lowest BCUT2D eigenvalue weighted by Gasteiger charge is -2.24. The summed E-state index contributed by atoms with van der Waals surface area (Å²) < 4.78 is 34.9. The van der Waals surface area contributed by atoms with E-state index in [0.29, 0.717) is 24.1 Å². The summed E-state index contributed by atoms with van der Waals surface area (Å²) in [4.78, 5) is 22.8. The minimum atomic E-state index is -4.27. The average Bonchev–Trinajstić information content (AvgIpc) is 3.11. The van der Waals surface area contributed by atoms with E-state index in [1.807, 2.05) is 21.1 Å². The van der Waals surface area contributed by atoms with Crippen molar-refractivity contribution < 1.29 is 37.3 Å². The summed E-state index contributed by atoms with van der Waals surface area (Å²) in [6, 6.07) is 0. The molecule has 0 heterocycles. The van der Waals surface area contributed by atoms with Gasteiger partial charge in [0.15, 0.2) is 0 Å². The van der Waals surface area contributed by atoms with Crippen LogP contribution in [0.15, 0.2) is 12.2 Å². The molecule has 0 aliphatic heterocycles. The first-order valence-corrected chi connectivity index (χ1v) is 23.9. The molecular weight excluding hydrogens is 685 g/mol. The number of hydrogen-bond acceptors (Lipinski definition) is 6. The topological polar surface area (TPSA) is 91.3 Å². The summed E-state index contributed by atoms with van der Waals surface area (Å²) in [6.07, 6.45) is 41.1. The molecule has 0 rings (SSSR count). The Morgan fingerprint density at radius 3 is 1.51 bits per heavy atom. The Labute approximate surface area is 329 Å². The van der Waals surface area contributed by atoms with Crippen molar-refractivity contribution in [3.63, 3.8) is 0 Å². The maximum Gasteiger partial charge on any atom is 0.472 e. The van der Waals surface area contributed by atoms with Crippen LogP contribution in [0.3, 0.4) is 0 Å². The van der Waals surface area contributed by atoms with E-state index in [4.69, 9.17) is 18.5 Å². The van der Waals surface area contributed by atoms with Gasteiger partial charge in [-0.1, -0.05) is 180 Å². The van der Waals surface area contributed by atoms with Gasteiger partial charge in [-0.2, -0.15) is 0 Å². The highest BCUT2D eigenvalue weighted by Gasteiger charge is 2.26. The molecule has 0 aliphatic rings. The smallest absolute Gasteiger partial charge is 0.457 e. The Kier molecular flexibility index (Phi) is 37.6. The van der Waals surface area contributed by atoms with Gasteiger partial charge in [0.25, 0.3) is 0 Å². The molecule has 0 radical (unpaired) electrons. The fourth-order valence-corrected chi connectivity index (χ4v) is 7.06. The van der Waals surface area contributed by atoms with E-state index in [-0.39, 0.29) is 25.8 Å². The third-order valence-corrected chi connectivity index (χ3v) is 10.8. The van der Waals surface area contributed by atoms with Crippen LogP contribution in [-0.2, 0) is 27.9 Å². The lowest BCUT2D eigenvalue weighted by molar-refractivity contribution is -0.870. The Morgan fingerprint density at radius 2 is 1.02 bits per heavy atom. The van der Waals surface area contributed by atoms with Crippen molar-refractivity contribution in [2.75, 3.05) is 54.1 Å². The van der Waals surface area contributed by atoms with Crippen LogP contribution >= 0.6 is 7.82 Å². The Balaban J connectivity index is 4.07. The molecule has 0 aromatic rings. The van der Waals surface area contributed by atoms with E-state index >= 15 is 0 Å². The van der Waals surface area contributed by atoms with Gasteiger partial charge in [0.1, 0.15) is 19.3 Å². The predicted molar refractivity (Wildman–Crippen MR) is 224 cm³/mol. The molecule has 0 amide bonds. The van der Waals surface area contributed by atoms with Crippen LogP contribution in [0.2, 0.25) is 0 Å². The quantitative estimate of drug-likeness (QED) is 0.0217. The van der Waals surface area contributed by atoms with Crippen LogP contribution in [0.25, 0.3) is 0 Å². The summed E-state index contributed by atoms with van der Waals surface area (Å²) in [6.45, 7) is 5.59. The molecule has 53 heavy (non-hydrogen) atoms. The number of likely N-dealkylation sites (N-methyl/N-ethyl adjacent to an activating group) is 1. The molecule has 0 spiro atoms. The first-order chi connectivity index (χ1) is 25.6. The highest BCUT2D eigenvalue weighted by molar-refractivity contribution is 7.47. The second kappa shape index (κ2) is 38.1. The van der Waals surface area contributed by atoms with Gasteiger partial charge in [0.05, 0.1) is 34.4 Å². The zero-order chi connectivity index (χ0) is 39.1. The molecule has 9 heteroatoms. The molecule has 2 atom stereocenters. The van der Waals surface area contributed by atoms with Crippen LogP contribution in [0.5, 0.6) is 0 Å². The van der Waals surface area contributed by atoms with Gasteiger partial charge in [-0.15, -0.1) is 0 Å². The summed E-state index contributed by atoms with van der Waals surface area (Å²) in [5.41, 5.74) is 0. The number of phosphoric acid groups is 1. The number of nitrogens with zero attached hydrogens (tertiary/aromatic N) is 1. The highest BCUT2D eigenvalue weighted by atomic mass is 31.2. The maximum atomic E-state index is 12.6. The standard InChI is InChI=1S/C44H88NO7P/c1-6-8-10-12-14-16-18-19-20-21-22-23-24-25-26-27-28-30-32-34-36-39-49-41-43(42-51-53(47,48)50-40-38-45(3,4)5)52-44(46)37-35-33-31-29-17-15-13-11-9-7-2/h11,13,43H,6-10,12,14-42H2,1-5H3/p+1/b13-11-. The molecule has 0 aromatic carbocycles. The van der Waals surface area contributed by atoms with Crippen LogP contribution < -0.4 is 0 Å². The third-order valence-electron chi connectivity index (χ3n) is 9.81. The van der Waals surface area contributed by atoms with Gasteiger partial charge >= 0.3 is 13.8 Å². The summed E-state index contributed by atoms with van der Waals surface area (Å²) >= 11 is 0. The number of allylic oxidation sites excluding steroid dienone is 2. The number of esters is 1. The molecule has 0 aliphatic carbocycles. The van der Waals surface area contributed by atoms with Crippen molar-refractivity contribution in [2.24, 2.45) is 0 Å². The van der Waals surface area contributed by atoms with Crippen molar-refractivity contribution in [1.29, 1.82) is 0 Å². The monoisotopic (exact) mass is 775 g/mol. The molecule has 1 N–H and O–H groups in total. The molecule has 8 nitrogen and oxygen atoms in total. The highest BCUT2D eigenvalue weighted by Crippen LogP contribution is 2.43. The van der Waals surface area contributed by atoms with Crippen molar-refractivity contribution in [3.05, 3.63) is 12.2 Å². The van der Waals surface area contributed by atoms with Crippen LogP contribution in [0, 0.1) is 0 Å². The Bertz CT molecular complexity index is 863. The largest absolute Gasteiger partial charge is 0.472 e. The van der Waals surface area contributed by atoms with Gasteiger partial charge in [-0.25, -0.2) is 4.57 Å². The minimum Gasteiger partial charge on any atom is -0.457 e. The minimum absolute atomic E-state index is 0.0900. The number of carbonyl (C=O) groups excluding carboxylic acids is 1.